The molecule has 0 unspecified atom stereocenters. The standard InChI is InChI=1S/C20H22FN7O3/c1-20(2,3)27(19(29)30)11-16-23-18(31-25-16)17-14-10-13(21)4-5-15(14)24-28(17)9-8-26-7-6-22-12-26/h4-7,10,12H,8-9,11H2,1-3H3,(H,29,30). The molecular formula is C20H22FN7O3. The van der Waals surface area contributed by atoms with Gasteiger partial charge in [-0.25, -0.2) is 14.2 Å². The first kappa shape index (κ1) is 20.5. The van der Waals surface area contributed by atoms with Crippen molar-refractivity contribution >= 4 is 17.0 Å². The Morgan fingerprint density at radius 1 is 1.29 bits per heavy atom. The van der Waals surface area contributed by atoms with E-state index < -0.39 is 17.4 Å². The van der Waals surface area contributed by atoms with Crippen molar-refractivity contribution in [3.8, 4) is 11.6 Å². The normalized spacial score (nSPS) is 11.9. The SMILES string of the molecule is CC(C)(C)N(Cc1noc(-c2c3cc(F)ccc3nn2CCn2ccnc2)n1)C(=O)O. The van der Waals surface area contributed by atoms with E-state index in [0.29, 0.717) is 29.7 Å². The van der Waals surface area contributed by atoms with Gasteiger partial charge in [0.05, 0.1) is 24.9 Å². The lowest BCUT2D eigenvalue weighted by molar-refractivity contribution is 0.0932. The smallest absolute Gasteiger partial charge is 0.408 e. The molecule has 0 aliphatic heterocycles. The number of imidazole rings is 1. The Hall–Kier alpha value is -3.76. The molecule has 0 spiro atoms. The molecular weight excluding hydrogens is 405 g/mol. The largest absolute Gasteiger partial charge is 0.465 e. The number of halogens is 1. The Morgan fingerprint density at radius 3 is 2.77 bits per heavy atom. The van der Waals surface area contributed by atoms with E-state index in [0.717, 1.165) is 0 Å². The van der Waals surface area contributed by atoms with Gasteiger partial charge in [0.25, 0.3) is 5.89 Å². The Kier molecular flexibility index (Phi) is 5.17. The average Bonchev–Trinajstić information content (AvgIpc) is 3.42. The Morgan fingerprint density at radius 2 is 2.10 bits per heavy atom. The fraction of sp³-hybridized carbons (Fsp3) is 0.350. The van der Waals surface area contributed by atoms with Gasteiger partial charge in [0.1, 0.15) is 11.5 Å². The van der Waals surface area contributed by atoms with Crippen LogP contribution < -0.4 is 0 Å². The second-order valence-corrected chi connectivity index (χ2v) is 8.09. The lowest BCUT2D eigenvalue weighted by Crippen LogP contribution is -2.44. The number of aryl methyl sites for hydroxylation is 2. The zero-order chi connectivity index (χ0) is 22.2. The maximum absolute atomic E-state index is 14.0. The third kappa shape index (κ3) is 4.25. The van der Waals surface area contributed by atoms with Crippen LogP contribution in [-0.4, -0.2) is 51.1 Å². The van der Waals surface area contributed by atoms with Crippen LogP contribution in [0.1, 0.15) is 26.6 Å². The van der Waals surface area contributed by atoms with Crippen molar-refractivity contribution in [2.75, 3.05) is 0 Å². The van der Waals surface area contributed by atoms with Crippen LogP contribution >= 0.6 is 0 Å². The van der Waals surface area contributed by atoms with Gasteiger partial charge in [0.15, 0.2) is 5.82 Å². The van der Waals surface area contributed by atoms with Crippen molar-refractivity contribution in [1.29, 1.82) is 0 Å². The summed E-state index contributed by atoms with van der Waals surface area (Å²) in [6, 6.07) is 4.30. The molecule has 31 heavy (non-hydrogen) atoms. The quantitative estimate of drug-likeness (QED) is 0.501. The summed E-state index contributed by atoms with van der Waals surface area (Å²) >= 11 is 0. The molecule has 3 aromatic heterocycles. The highest BCUT2D eigenvalue weighted by Crippen LogP contribution is 2.29. The third-order valence-corrected chi connectivity index (χ3v) is 4.84. The molecule has 162 valence electrons. The fourth-order valence-electron chi connectivity index (χ4n) is 3.27. The molecule has 0 fully saturated rings. The van der Waals surface area contributed by atoms with Crippen molar-refractivity contribution < 1.29 is 18.8 Å². The summed E-state index contributed by atoms with van der Waals surface area (Å²) in [6.07, 6.45) is 4.13. The van der Waals surface area contributed by atoms with Gasteiger partial charge in [0.2, 0.25) is 0 Å². The van der Waals surface area contributed by atoms with Crippen molar-refractivity contribution in [2.45, 2.75) is 45.9 Å². The molecule has 0 bridgehead atoms. The molecule has 11 heteroatoms. The van der Waals surface area contributed by atoms with Gasteiger partial charge in [-0.15, -0.1) is 0 Å². The lowest BCUT2D eigenvalue weighted by atomic mass is 10.1. The minimum atomic E-state index is -1.09. The minimum absolute atomic E-state index is 0.0438. The maximum Gasteiger partial charge on any atom is 0.408 e. The van der Waals surface area contributed by atoms with E-state index in [-0.39, 0.29) is 18.3 Å². The zero-order valence-electron chi connectivity index (χ0n) is 17.4. The van der Waals surface area contributed by atoms with Crippen molar-refractivity contribution in [3.05, 3.63) is 48.6 Å². The number of benzene rings is 1. The summed E-state index contributed by atoms with van der Waals surface area (Å²) in [7, 11) is 0. The van der Waals surface area contributed by atoms with Crippen LogP contribution in [0.4, 0.5) is 9.18 Å². The summed E-state index contributed by atoms with van der Waals surface area (Å²) in [6.45, 7) is 6.35. The highest BCUT2D eigenvalue weighted by atomic mass is 19.1. The molecule has 1 N–H and O–H groups in total. The number of nitrogens with zero attached hydrogens (tertiary/aromatic N) is 7. The molecule has 3 heterocycles. The highest BCUT2D eigenvalue weighted by molar-refractivity contribution is 5.91. The summed E-state index contributed by atoms with van der Waals surface area (Å²) in [5.74, 6) is -0.0559. The van der Waals surface area contributed by atoms with Crippen molar-refractivity contribution in [3.63, 3.8) is 0 Å². The van der Waals surface area contributed by atoms with Crippen LogP contribution in [0.2, 0.25) is 0 Å². The predicted molar refractivity (Wildman–Crippen MR) is 109 cm³/mol. The zero-order valence-corrected chi connectivity index (χ0v) is 17.4. The predicted octanol–water partition coefficient (Wildman–Crippen LogP) is 3.40. The van der Waals surface area contributed by atoms with E-state index in [1.807, 2.05) is 10.8 Å². The van der Waals surface area contributed by atoms with E-state index in [2.05, 4.69) is 20.2 Å². The molecule has 0 atom stereocenters. The van der Waals surface area contributed by atoms with Crippen LogP contribution in [0.25, 0.3) is 22.5 Å². The topological polar surface area (TPSA) is 115 Å². The Balaban J connectivity index is 1.70. The number of fused-ring (bicyclic) bond motifs is 1. The number of hydrogen-bond donors (Lipinski definition) is 1. The van der Waals surface area contributed by atoms with E-state index in [9.17, 15) is 14.3 Å². The molecule has 10 nitrogen and oxygen atoms in total. The maximum atomic E-state index is 14.0. The first-order valence-corrected chi connectivity index (χ1v) is 9.68. The molecule has 1 amide bonds. The summed E-state index contributed by atoms with van der Waals surface area (Å²) in [5, 5.41) is 18.5. The fourth-order valence-corrected chi connectivity index (χ4v) is 3.27. The van der Waals surface area contributed by atoms with E-state index in [4.69, 9.17) is 4.52 Å². The Labute approximate surface area is 176 Å². The monoisotopic (exact) mass is 427 g/mol. The first-order chi connectivity index (χ1) is 14.7. The number of carbonyl (C=O) groups is 1. The van der Waals surface area contributed by atoms with Crippen LogP contribution in [0.3, 0.4) is 0 Å². The summed E-state index contributed by atoms with van der Waals surface area (Å²) in [5.41, 5.74) is 0.421. The average molecular weight is 427 g/mol. The second-order valence-electron chi connectivity index (χ2n) is 8.09. The molecule has 4 aromatic rings. The molecule has 0 radical (unpaired) electrons. The van der Waals surface area contributed by atoms with Gasteiger partial charge in [0, 0.05) is 29.9 Å². The van der Waals surface area contributed by atoms with Crippen molar-refractivity contribution in [1.82, 2.24) is 34.4 Å². The molecule has 0 aliphatic carbocycles. The van der Waals surface area contributed by atoms with Gasteiger partial charge in [-0.05, 0) is 39.0 Å². The van der Waals surface area contributed by atoms with Gasteiger partial charge >= 0.3 is 6.09 Å². The third-order valence-electron chi connectivity index (χ3n) is 4.84. The minimum Gasteiger partial charge on any atom is -0.465 e. The number of rotatable bonds is 6. The van der Waals surface area contributed by atoms with E-state index in [1.165, 1.54) is 17.0 Å². The van der Waals surface area contributed by atoms with Crippen LogP contribution in [-0.2, 0) is 19.6 Å². The molecule has 0 saturated carbocycles. The van der Waals surface area contributed by atoms with E-state index in [1.54, 1.807) is 44.0 Å². The van der Waals surface area contributed by atoms with Crippen LogP contribution in [0.15, 0.2) is 41.4 Å². The van der Waals surface area contributed by atoms with E-state index >= 15 is 0 Å². The second kappa shape index (κ2) is 7.82. The number of aromatic nitrogens is 6. The number of amides is 1. The number of carboxylic acid groups (broad SMARTS) is 1. The van der Waals surface area contributed by atoms with Gasteiger partial charge in [-0.1, -0.05) is 5.16 Å². The highest BCUT2D eigenvalue weighted by Gasteiger charge is 2.28. The van der Waals surface area contributed by atoms with Crippen LogP contribution in [0.5, 0.6) is 0 Å². The van der Waals surface area contributed by atoms with Crippen LogP contribution in [0, 0.1) is 5.82 Å². The lowest BCUT2D eigenvalue weighted by Gasteiger charge is -2.31. The van der Waals surface area contributed by atoms with Crippen molar-refractivity contribution in [2.24, 2.45) is 0 Å². The Bertz CT molecular complexity index is 1210. The summed E-state index contributed by atoms with van der Waals surface area (Å²) in [4.78, 5) is 21.3. The number of hydrogen-bond acceptors (Lipinski definition) is 6. The molecule has 4 rings (SSSR count). The first-order valence-electron chi connectivity index (χ1n) is 9.68. The molecule has 0 aliphatic rings. The van der Waals surface area contributed by atoms with Gasteiger partial charge < -0.3 is 14.2 Å². The van der Waals surface area contributed by atoms with Gasteiger partial charge in [-0.2, -0.15) is 10.1 Å². The van der Waals surface area contributed by atoms with Gasteiger partial charge in [-0.3, -0.25) is 9.58 Å². The molecule has 1 aromatic carbocycles. The molecule has 0 saturated heterocycles. The summed E-state index contributed by atoms with van der Waals surface area (Å²) < 4.78 is 23.0.